The van der Waals surface area contributed by atoms with Gasteiger partial charge in [-0.05, 0) is 45.8 Å². The summed E-state index contributed by atoms with van der Waals surface area (Å²) in [6.07, 6.45) is -0.191. The number of hydrogen-bond acceptors (Lipinski definition) is 4. The molecule has 2 aromatic rings. The fourth-order valence-electron chi connectivity index (χ4n) is 2.22. The summed E-state index contributed by atoms with van der Waals surface area (Å²) in [6.45, 7) is 0. The van der Waals surface area contributed by atoms with Crippen LogP contribution in [0.25, 0.3) is 0 Å². The van der Waals surface area contributed by atoms with Gasteiger partial charge in [-0.15, -0.1) is 0 Å². The van der Waals surface area contributed by atoms with Crippen LogP contribution in [0.15, 0.2) is 40.9 Å². The molecule has 1 atom stereocenters. The van der Waals surface area contributed by atoms with Crippen molar-refractivity contribution in [3.05, 3.63) is 52.0 Å². The van der Waals surface area contributed by atoms with E-state index in [-0.39, 0.29) is 23.7 Å². The highest BCUT2D eigenvalue weighted by Crippen LogP contribution is 2.38. The van der Waals surface area contributed by atoms with E-state index in [2.05, 4.69) is 15.9 Å². The van der Waals surface area contributed by atoms with Crippen molar-refractivity contribution < 1.29 is 19.7 Å². The largest absolute Gasteiger partial charge is 0.508 e. The fourth-order valence-corrected chi connectivity index (χ4v) is 2.62. The number of halogens is 1. The van der Waals surface area contributed by atoms with E-state index in [0.717, 1.165) is 5.56 Å². The molecule has 2 aromatic carbocycles. The Morgan fingerprint density at radius 1 is 1.15 bits per heavy atom. The summed E-state index contributed by atoms with van der Waals surface area (Å²) in [5.74, 6) is 0.550. The van der Waals surface area contributed by atoms with E-state index in [1.807, 2.05) is 0 Å². The minimum Gasteiger partial charge on any atom is -0.508 e. The zero-order chi connectivity index (χ0) is 14.3. The fraction of sp³-hybridized carbons (Fsp3) is 0.133. The number of benzene rings is 2. The minimum atomic E-state index is -0.423. The third-order valence-electron chi connectivity index (χ3n) is 3.25. The van der Waals surface area contributed by atoms with Crippen molar-refractivity contribution in [1.29, 1.82) is 0 Å². The molecule has 5 heteroatoms. The number of aromatic hydroxyl groups is 2. The van der Waals surface area contributed by atoms with Gasteiger partial charge in [-0.2, -0.15) is 0 Å². The first-order chi connectivity index (χ1) is 9.54. The van der Waals surface area contributed by atoms with E-state index < -0.39 is 6.10 Å². The van der Waals surface area contributed by atoms with Crippen molar-refractivity contribution in [2.24, 2.45) is 0 Å². The average molecular weight is 335 g/mol. The predicted octanol–water partition coefficient (Wildman–Crippen LogP) is 3.57. The number of carbonyl (C=O) groups is 1. The zero-order valence-corrected chi connectivity index (χ0v) is 11.9. The molecular weight excluding hydrogens is 324 g/mol. The summed E-state index contributed by atoms with van der Waals surface area (Å²) in [4.78, 5) is 12.1. The minimum absolute atomic E-state index is 0.0274. The molecule has 0 aromatic heterocycles. The summed E-state index contributed by atoms with van der Waals surface area (Å²) in [5.41, 5.74) is 1.27. The summed E-state index contributed by atoms with van der Waals surface area (Å²) in [7, 11) is 0. The van der Waals surface area contributed by atoms with E-state index in [0.29, 0.717) is 15.8 Å². The Morgan fingerprint density at radius 3 is 2.70 bits per heavy atom. The Bertz CT molecular complexity index is 696. The Kier molecular flexibility index (Phi) is 3.14. The SMILES string of the molecule is O=C1CC(c2ccc(O)c(Br)c2)Oc2cc(O)ccc21. The number of ketones is 1. The number of ether oxygens (including phenoxy) is 1. The van der Waals surface area contributed by atoms with Gasteiger partial charge in [-0.3, -0.25) is 4.79 Å². The molecule has 0 amide bonds. The number of hydrogen-bond donors (Lipinski definition) is 2. The van der Waals surface area contributed by atoms with Crippen LogP contribution in [-0.2, 0) is 0 Å². The Hall–Kier alpha value is -2.01. The molecule has 102 valence electrons. The number of phenols is 2. The maximum absolute atomic E-state index is 12.1. The molecule has 0 fully saturated rings. The van der Waals surface area contributed by atoms with Crippen LogP contribution in [0.5, 0.6) is 17.2 Å². The molecule has 1 aliphatic rings. The van der Waals surface area contributed by atoms with Crippen LogP contribution in [0.2, 0.25) is 0 Å². The monoisotopic (exact) mass is 334 g/mol. The molecule has 0 radical (unpaired) electrons. The highest BCUT2D eigenvalue weighted by Gasteiger charge is 2.28. The maximum Gasteiger partial charge on any atom is 0.170 e. The third-order valence-corrected chi connectivity index (χ3v) is 3.88. The van der Waals surface area contributed by atoms with Gasteiger partial charge < -0.3 is 14.9 Å². The maximum atomic E-state index is 12.1. The van der Waals surface area contributed by atoms with Crippen molar-refractivity contribution in [2.75, 3.05) is 0 Å². The van der Waals surface area contributed by atoms with Crippen molar-refractivity contribution in [1.82, 2.24) is 0 Å². The van der Waals surface area contributed by atoms with Crippen molar-refractivity contribution >= 4 is 21.7 Å². The number of carbonyl (C=O) groups excluding carboxylic acids is 1. The second-order valence-corrected chi connectivity index (χ2v) is 5.48. The first-order valence-electron chi connectivity index (χ1n) is 6.06. The van der Waals surface area contributed by atoms with Gasteiger partial charge in [0, 0.05) is 6.07 Å². The van der Waals surface area contributed by atoms with Crippen molar-refractivity contribution in [2.45, 2.75) is 12.5 Å². The quantitative estimate of drug-likeness (QED) is 0.836. The lowest BCUT2D eigenvalue weighted by atomic mass is 9.96. The number of fused-ring (bicyclic) bond motifs is 1. The van der Waals surface area contributed by atoms with E-state index in [4.69, 9.17) is 4.74 Å². The van der Waals surface area contributed by atoms with Gasteiger partial charge >= 0.3 is 0 Å². The van der Waals surface area contributed by atoms with Gasteiger partial charge in [0.05, 0.1) is 16.5 Å². The number of rotatable bonds is 1. The summed E-state index contributed by atoms with van der Waals surface area (Å²) in [5, 5.41) is 19.0. The van der Waals surface area contributed by atoms with Crippen LogP contribution in [0, 0.1) is 0 Å². The summed E-state index contributed by atoms with van der Waals surface area (Å²) >= 11 is 3.24. The molecule has 1 aliphatic heterocycles. The molecule has 4 nitrogen and oxygen atoms in total. The second-order valence-electron chi connectivity index (χ2n) is 4.63. The molecule has 1 unspecified atom stereocenters. The lowest BCUT2D eigenvalue weighted by molar-refractivity contribution is 0.0849. The Balaban J connectivity index is 1.98. The molecule has 20 heavy (non-hydrogen) atoms. The van der Waals surface area contributed by atoms with Crippen LogP contribution in [0.1, 0.15) is 28.4 Å². The lowest BCUT2D eigenvalue weighted by Gasteiger charge is -2.25. The highest BCUT2D eigenvalue weighted by atomic mass is 79.9. The molecule has 3 rings (SSSR count). The van der Waals surface area contributed by atoms with Crippen molar-refractivity contribution in [3.8, 4) is 17.2 Å². The van der Waals surface area contributed by atoms with Gasteiger partial charge in [0.15, 0.2) is 5.78 Å². The smallest absolute Gasteiger partial charge is 0.170 e. The highest BCUT2D eigenvalue weighted by molar-refractivity contribution is 9.10. The van der Waals surface area contributed by atoms with Crippen molar-refractivity contribution in [3.63, 3.8) is 0 Å². The van der Waals surface area contributed by atoms with E-state index in [1.54, 1.807) is 24.3 Å². The number of phenolic OH excluding ortho intramolecular Hbond substituents is 2. The summed E-state index contributed by atoms with van der Waals surface area (Å²) < 4.78 is 6.33. The van der Waals surface area contributed by atoms with E-state index >= 15 is 0 Å². The average Bonchev–Trinajstić information content (AvgIpc) is 2.41. The van der Waals surface area contributed by atoms with Crippen LogP contribution < -0.4 is 4.74 Å². The van der Waals surface area contributed by atoms with Crippen LogP contribution in [0.4, 0.5) is 0 Å². The van der Waals surface area contributed by atoms with Gasteiger partial charge in [-0.1, -0.05) is 6.07 Å². The molecule has 0 spiro atoms. The molecular formula is C15H11BrO4. The van der Waals surface area contributed by atoms with Gasteiger partial charge in [0.1, 0.15) is 23.4 Å². The topological polar surface area (TPSA) is 66.8 Å². The molecule has 0 saturated carbocycles. The Morgan fingerprint density at radius 2 is 1.95 bits per heavy atom. The van der Waals surface area contributed by atoms with Gasteiger partial charge in [0.25, 0.3) is 0 Å². The van der Waals surface area contributed by atoms with Crippen LogP contribution in [-0.4, -0.2) is 16.0 Å². The van der Waals surface area contributed by atoms with Crippen LogP contribution in [0.3, 0.4) is 0 Å². The van der Waals surface area contributed by atoms with Gasteiger partial charge in [0.2, 0.25) is 0 Å². The normalized spacial score (nSPS) is 17.4. The number of Topliss-reactive ketones (excluding diaryl/α,β-unsaturated/α-hetero) is 1. The van der Waals surface area contributed by atoms with Crippen LogP contribution >= 0.6 is 15.9 Å². The molecule has 0 bridgehead atoms. The van der Waals surface area contributed by atoms with E-state index in [9.17, 15) is 15.0 Å². The summed E-state index contributed by atoms with van der Waals surface area (Å²) in [6, 6.07) is 9.46. The lowest BCUT2D eigenvalue weighted by Crippen LogP contribution is -2.20. The molecule has 0 aliphatic carbocycles. The molecule has 2 N–H and O–H groups in total. The van der Waals surface area contributed by atoms with Gasteiger partial charge in [-0.25, -0.2) is 0 Å². The molecule has 0 saturated heterocycles. The van der Waals surface area contributed by atoms with E-state index in [1.165, 1.54) is 12.1 Å². The predicted molar refractivity (Wildman–Crippen MR) is 76.2 cm³/mol. The molecule has 1 heterocycles. The second kappa shape index (κ2) is 4.83. The zero-order valence-electron chi connectivity index (χ0n) is 10.3. The third kappa shape index (κ3) is 2.25. The first-order valence-corrected chi connectivity index (χ1v) is 6.85. The standard InChI is InChI=1S/C15H11BrO4/c16-11-5-8(1-4-12(11)18)14-7-13(19)10-3-2-9(17)6-15(10)20-14/h1-6,14,17-18H,7H2. The first kappa shape index (κ1) is 13.0. The Labute approximate surface area is 123 Å².